The summed E-state index contributed by atoms with van der Waals surface area (Å²) in [4.78, 5) is 18.1. The number of nitro groups is 1. The van der Waals surface area contributed by atoms with Gasteiger partial charge in [-0.1, -0.05) is 12.1 Å². The summed E-state index contributed by atoms with van der Waals surface area (Å²) < 4.78 is 0. The van der Waals surface area contributed by atoms with Crippen molar-refractivity contribution < 1.29 is 4.92 Å². The first kappa shape index (κ1) is 10.0. The summed E-state index contributed by atoms with van der Waals surface area (Å²) in [7, 11) is 0. The molecule has 0 fully saturated rings. The van der Waals surface area contributed by atoms with E-state index in [2.05, 4.69) is 9.97 Å². The van der Waals surface area contributed by atoms with Crippen LogP contribution in [0.2, 0.25) is 0 Å². The van der Waals surface area contributed by atoms with Crippen molar-refractivity contribution in [3.8, 4) is 11.3 Å². The minimum atomic E-state index is -0.455. The van der Waals surface area contributed by atoms with Gasteiger partial charge in [0.05, 0.1) is 23.0 Å². The van der Waals surface area contributed by atoms with E-state index in [0.29, 0.717) is 11.3 Å². The predicted octanol–water partition coefficient (Wildman–Crippen LogP) is 1.63. The van der Waals surface area contributed by atoms with Crippen LogP contribution in [0.4, 0.5) is 11.5 Å². The van der Waals surface area contributed by atoms with Crippen molar-refractivity contribution in [2.45, 2.75) is 0 Å². The van der Waals surface area contributed by atoms with Gasteiger partial charge in [-0.25, -0.2) is 4.98 Å². The quantitative estimate of drug-likeness (QED) is 0.608. The number of anilines is 1. The Balaban J connectivity index is 2.48. The topological polar surface area (TPSA) is 94.9 Å². The fourth-order valence-corrected chi connectivity index (χ4v) is 1.30. The lowest BCUT2D eigenvalue weighted by molar-refractivity contribution is -0.384. The summed E-state index contributed by atoms with van der Waals surface area (Å²) in [5.41, 5.74) is 6.64. The van der Waals surface area contributed by atoms with Crippen LogP contribution in [0, 0.1) is 10.1 Å². The molecule has 0 aliphatic carbocycles. The first-order valence-corrected chi connectivity index (χ1v) is 4.49. The van der Waals surface area contributed by atoms with Crippen LogP contribution in [0.3, 0.4) is 0 Å². The molecule has 0 bridgehead atoms. The fraction of sp³-hybridized carbons (Fsp3) is 0. The normalized spacial score (nSPS) is 10.0. The number of aromatic nitrogens is 2. The minimum absolute atomic E-state index is 0.0155. The van der Waals surface area contributed by atoms with Gasteiger partial charge in [-0.2, -0.15) is 0 Å². The Morgan fingerprint density at radius 3 is 2.81 bits per heavy atom. The van der Waals surface area contributed by atoms with Gasteiger partial charge >= 0.3 is 0 Å². The third-order valence-electron chi connectivity index (χ3n) is 2.01. The number of non-ortho nitro benzene ring substituents is 1. The number of hydrogen-bond donors (Lipinski definition) is 1. The second kappa shape index (κ2) is 3.93. The molecule has 1 aromatic carbocycles. The molecule has 0 aliphatic rings. The highest BCUT2D eigenvalue weighted by atomic mass is 16.6. The number of nitrogens with zero attached hydrogens (tertiary/aromatic N) is 3. The molecule has 80 valence electrons. The van der Waals surface area contributed by atoms with Crippen LogP contribution in [-0.4, -0.2) is 14.9 Å². The van der Waals surface area contributed by atoms with E-state index >= 15 is 0 Å². The molecule has 16 heavy (non-hydrogen) atoms. The molecule has 2 N–H and O–H groups in total. The lowest BCUT2D eigenvalue weighted by Crippen LogP contribution is -1.94. The predicted molar refractivity (Wildman–Crippen MR) is 58.5 cm³/mol. The van der Waals surface area contributed by atoms with E-state index in [9.17, 15) is 10.1 Å². The summed E-state index contributed by atoms with van der Waals surface area (Å²) in [6.07, 6.45) is 2.93. The van der Waals surface area contributed by atoms with Crippen LogP contribution in [0.5, 0.6) is 0 Å². The molecule has 0 unspecified atom stereocenters. The van der Waals surface area contributed by atoms with Crippen molar-refractivity contribution in [2.75, 3.05) is 5.73 Å². The molecule has 0 spiro atoms. The van der Waals surface area contributed by atoms with E-state index in [-0.39, 0.29) is 11.5 Å². The maximum atomic E-state index is 10.6. The van der Waals surface area contributed by atoms with Crippen LogP contribution in [0.25, 0.3) is 11.3 Å². The van der Waals surface area contributed by atoms with Crippen molar-refractivity contribution in [3.05, 3.63) is 46.8 Å². The van der Waals surface area contributed by atoms with E-state index in [0.717, 1.165) is 0 Å². The van der Waals surface area contributed by atoms with Crippen molar-refractivity contribution >= 4 is 11.5 Å². The Labute approximate surface area is 90.9 Å². The van der Waals surface area contributed by atoms with Crippen LogP contribution < -0.4 is 5.73 Å². The van der Waals surface area contributed by atoms with E-state index in [1.54, 1.807) is 12.1 Å². The summed E-state index contributed by atoms with van der Waals surface area (Å²) in [5.74, 6) is 0.281. The number of nitrogen functional groups attached to an aromatic ring is 1. The van der Waals surface area contributed by atoms with Gasteiger partial charge in [-0.3, -0.25) is 15.1 Å². The largest absolute Gasteiger partial charge is 0.382 e. The lowest BCUT2D eigenvalue weighted by atomic mass is 10.1. The molecular formula is C10H8N4O2. The van der Waals surface area contributed by atoms with Gasteiger partial charge in [0.2, 0.25) is 0 Å². The molecule has 2 aromatic rings. The maximum Gasteiger partial charge on any atom is 0.270 e. The van der Waals surface area contributed by atoms with Crippen LogP contribution >= 0.6 is 0 Å². The summed E-state index contributed by atoms with van der Waals surface area (Å²) >= 11 is 0. The fourth-order valence-electron chi connectivity index (χ4n) is 1.30. The molecule has 0 aliphatic heterocycles. The Morgan fingerprint density at radius 1 is 1.31 bits per heavy atom. The SMILES string of the molecule is Nc1cncc(-c2cccc([N+](=O)[O-])c2)n1. The highest BCUT2D eigenvalue weighted by Crippen LogP contribution is 2.21. The first-order valence-electron chi connectivity index (χ1n) is 4.49. The van der Waals surface area contributed by atoms with Crippen molar-refractivity contribution in [1.82, 2.24) is 9.97 Å². The molecule has 1 heterocycles. The van der Waals surface area contributed by atoms with E-state index in [4.69, 9.17) is 5.73 Å². The summed E-state index contributed by atoms with van der Waals surface area (Å²) in [6, 6.07) is 6.17. The van der Waals surface area contributed by atoms with Crippen molar-refractivity contribution in [1.29, 1.82) is 0 Å². The van der Waals surface area contributed by atoms with Crippen LogP contribution in [0.1, 0.15) is 0 Å². The zero-order valence-corrected chi connectivity index (χ0v) is 8.20. The molecule has 0 amide bonds. The van der Waals surface area contributed by atoms with Gasteiger partial charge in [0.25, 0.3) is 5.69 Å². The molecule has 6 nitrogen and oxygen atoms in total. The summed E-state index contributed by atoms with van der Waals surface area (Å²) in [6.45, 7) is 0. The average Bonchev–Trinajstić information content (AvgIpc) is 2.29. The van der Waals surface area contributed by atoms with Gasteiger partial charge in [0.1, 0.15) is 5.82 Å². The number of nitrogens with two attached hydrogens (primary N) is 1. The van der Waals surface area contributed by atoms with E-state index in [1.807, 2.05) is 0 Å². The Kier molecular flexibility index (Phi) is 2.47. The number of rotatable bonds is 2. The molecule has 0 radical (unpaired) electrons. The zero-order chi connectivity index (χ0) is 11.5. The van der Waals surface area contributed by atoms with Gasteiger partial charge in [-0.05, 0) is 0 Å². The summed E-state index contributed by atoms with van der Waals surface area (Å²) in [5, 5.41) is 10.6. The van der Waals surface area contributed by atoms with Gasteiger partial charge in [0.15, 0.2) is 0 Å². The standard InChI is InChI=1S/C10H8N4O2/c11-10-6-12-5-9(13-10)7-2-1-3-8(4-7)14(15)16/h1-6H,(H2,11,13). The molecule has 1 aromatic heterocycles. The van der Waals surface area contributed by atoms with Crippen molar-refractivity contribution in [3.63, 3.8) is 0 Å². The Morgan fingerprint density at radius 2 is 2.12 bits per heavy atom. The highest BCUT2D eigenvalue weighted by molar-refractivity contribution is 5.62. The number of hydrogen-bond acceptors (Lipinski definition) is 5. The maximum absolute atomic E-state index is 10.6. The smallest absolute Gasteiger partial charge is 0.270 e. The van der Waals surface area contributed by atoms with Crippen LogP contribution in [-0.2, 0) is 0 Å². The number of nitro benzene ring substituents is 1. The molecule has 6 heteroatoms. The van der Waals surface area contributed by atoms with Gasteiger partial charge < -0.3 is 5.73 Å². The van der Waals surface area contributed by atoms with Gasteiger partial charge in [0, 0.05) is 17.7 Å². The van der Waals surface area contributed by atoms with E-state index < -0.39 is 4.92 Å². The van der Waals surface area contributed by atoms with Crippen molar-refractivity contribution in [2.24, 2.45) is 0 Å². The van der Waals surface area contributed by atoms with E-state index in [1.165, 1.54) is 24.5 Å². The zero-order valence-electron chi connectivity index (χ0n) is 8.20. The molecule has 0 saturated heterocycles. The average molecular weight is 216 g/mol. The Hall–Kier alpha value is -2.50. The third kappa shape index (κ3) is 1.95. The monoisotopic (exact) mass is 216 g/mol. The van der Waals surface area contributed by atoms with Crippen LogP contribution in [0.15, 0.2) is 36.7 Å². The minimum Gasteiger partial charge on any atom is -0.382 e. The third-order valence-corrected chi connectivity index (χ3v) is 2.01. The molecule has 0 saturated carbocycles. The molecule has 0 atom stereocenters. The molecule has 2 rings (SSSR count). The second-order valence-electron chi connectivity index (χ2n) is 3.14. The Bertz CT molecular complexity index is 542. The molecular weight excluding hydrogens is 208 g/mol. The second-order valence-corrected chi connectivity index (χ2v) is 3.14. The highest BCUT2D eigenvalue weighted by Gasteiger charge is 2.08. The van der Waals surface area contributed by atoms with Gasteiger partial charge in [-0.15, -0.1) is 0 Å². The first-order chi connectivity index (χ1) is 7.66. The number of benzene rings is 1. The lowest BCUT2D eigenvalue weighted by Gasteiger charge is -2.00.